The van der Waals surface area contributed by atoms with Gasteiger partial charge in [-0.15, -0.1) is 0 Å². The Bertz CT molecular complexity index is 663. The first-order chi connectivity index (χ1) is 10.1. The SMILES string of the molecule is CN(C(=O)c1cn2ccccc2n1)C1COCC1C(=O)O. The number of pyridine rings is 1. The summed E-state index contributed by atoms with van der Waals surface area (Å²) < 4.78 is 6.95. The van der Waals surface area contributed by atoms with Crippen molar-refractivity contribution in [3.63, 3.8) is 0 Å². The second kappa shape index (κ2) is 5.17. The summed E-state index contributed by atoms with van der Waals surface area (Å²) in [5.74, 6) is -1.96. The van der Waals surface area contributed by atoms with Gasteiger partial charge in [0.15, 0.2) is 0 Å². The van der Waals surface area contributed by atoms with Crippen LogP contribution in [-0.2, 0) is 9.53 Å². The van der Waals surface area contributed by atoms with Gasteiger partial charge in [0.2, 0.25) is 0 Å². The fourth-order valence-corrected chi connectivity index (χ4v) is 2.53. The molecule has 0 saturated carbocycles. The Kier molecular flexibility index (Phi) is 3.34. The summed E-state index contributed by atoms with van der Waals surface area (Å²) in [4.78, 5) is 29.3. The molecule has 2 aromatic rings. The monoisotopic (exact) mass is 289 g/mol. The van der Waals surface area contributed by atoms with Crippen molar-refractivity contribution in [1.29, 1.82) is 0 Å². The van der Waals surface area contributed by atoms with Crippen molar-refractivity contribution >= 4 is 17.5 Å². The highest BCUT2D eigenvalue weighted by Gasteiger charge is 2.39. The van der Waals surface area contributed by atoms with E-state index in [0.717, 1.165) is 0 Å². The van der Waals surface area contributed by atoms with Crippen LogP contribution in [0.1, 0.15) is 10.5 Å². The van der Waals surface area contributed by atoms with Crippen LogP contribution in [0, 0.1) is 5.92 Å². The molecule has 1 aliphatic rings. The fourth-order valence-electron chi connectivity index (χ4n) is 2.53. The van der Waals surface area contributed by atoms with Gasteiger partial charge in [-0.1, -0.05) is 6.07 Å². The van der Waals surface area contributed by atoms with E-state index in [1.165, 1.54) is 4.90 Å². The standard InChI is InChI=1S/C14H15N3O4/c1-16(11-8-21-7-9(11)14(19)20)13(18)10-6-17-5-3-2-4-12(17)15-10/h2-6,9,11H,7-8H2,1H3,(H,19,20). The third kappa shape index (κ3) is 2.36. The van der Waals surface area contributed by atoms with E-state index in [2.05, 4.69) is 4.98 Å². The average Bonchev–Trinajstić information content (AvgIpc) is 3.11. The number of carbonyl (C=O) groups excluding carboxylic acids is 1. The Labute approximate surface area is 120 Å². The van der Waals surface area contributed by atoms with Crippen LogP contribution in [0.5, 0.6) is 0 Å². The highest BCUT2D eigenvalue weighted by Crippen LogP contribution is 2.20. The molecule has 0 aliphatic carbocycles. The van der Waals surface area contributed by atoms with E-state index in [-0.39, 0.29) is 19.1 Å². The second-order valence-corrected chi connectivity index (χ2v) is 5.06. The Balaban J connectivity index is 1.85. The van der Waals surface area contributed by atoms with Crippen LogP contribution >= 0.6 is 0 Å². The summed E-state index contributed by atoms with van der Waals surface area (Å²) in [6.45, 7) is 0.357. The number of likely N-dealkylation sites (N-methyl/N-ethyl adjacent to an activating group) is 1. The van der Waals surface area contributed by atoms with Crippen molar-refractivity contribution in [2.75, 3.05) is 20.3 Å². The fraction of sp³-hybridized carbons (Fsp3) is 0.357. The van der Waals surface area contributed by atoms with Gasteiger partial charge in [0, 0.05) is 19.4 Å². The largest absolute Gasteiger partial charge is 0.481 e. The van der Waals surface area contributed by atoms with Gasteiger partial charge in [-0.05, 0) is 12.1 Å². The number of rotatable bonds is 3. The topological polar surface area (TPSA) is 84.1 Å². The molecule has 110 valence electrons. The molecule has 2 aromatic heterocycles. The molecule has 3 rings (SSSR count). The van der Waals surface area contributed by atoms with Crippen LogP contribution < -0.4 is 0 Å². The van der Waals surface area contributed by atoms with Crippen molar-refractivity contribution in [1.82, 2.24) is 14.3 Å². The highest BCUT2D eigenvalue weighted by atomic mass is 16.5. The zero-order valence-corrected chi connectivity index (χ0v) is 11.5. The third-order valence-electron chi connectivity index (χ3n) is 3.77. The zero-order valence-electron chi connectivity index (χ0n) is 11.5. The molecule has 3 heterocycles. The van der Waals surface area contributed by atoms with Crippen molar-refractivity contribution in [3.05, 3.63) is 36.3 Å². The number of fused-ring (bicyclic) bond motifs is 1. The van der Waals surface area contributed by atoms with E-state index in [4.69, 9.17) is 9.84 Å². The highest BCUT2D eigenvalue weighted by molar-refractivity contribution is 5.93. The molecule has 1 N–H and O–H groups in total. The number of aromatic nitrogens is 2. The third-order valence-corrected chi connectivity index (χ3v) is 3.77. The van der Waals surface area contributed by atoms with Crippen molar-refractivity contribution in [3.8, 4) is 0 Å². The minimum Gasteiger partial charge on any atom is -0.481 e. The van der Waals surface area contributed by atoms with Crippen LogP contribution in [-0.4, -0.2) is 57.6 Å². The summed E-state index contributed by atoms with van der Waals surface area (Å²) in [6.07, 6.45) is 3.44. The maximum Gasteiger partial charge on any atom is 0.311 e. The summed E-state index contributed by atoms with van der Waals surface area (Å²) in [6, 6.07) is 5.01. The summed E-state index contributed by atoms with van der Waals surface area (Å²) in [5, 5.41) is 9.16. The molecule has 21 heavy (non-hydrogen) atoms. The lowest BCUT2D eigenvalue weighted by Crippen LogP contribution is -2.44. The number of nitrogens with zero attached hydrogens (tertiary/aromatic N) is 3. The molecule has 1 aliphatic heterocycles. The number of imidazole rings is 1. The predicted octanol–water partition coefficient (Wildman–Crippen LogP) is 0.506. The molecule has 1 saturated heterocycles. The average molecular weight is 289 g/mol. The maximum atomic E-state index is 12.5. The van der Waals surface area contributed by atoms with Gasteiger partial charge in [-0.3, -0.25) is 9.59 Å². The van der Waals surface area contributed by atoms with E-state index in [1.807, 2.05) is 12.1 Å². The second-order valence-electron chi connectivity index (χ2n) is 5.06. The van der Waals surface area contributed by atoms with Gasteiger partial charge in [-0.25, -0.2) is 4.98 Å². The maximum absolute atomic E-state index is 12.5. The van der Waals surface area contributed by atoms with E-state index >= 15 is 0 Å². The molecule has 7 heteroatoms. The van der Waals surface area contributed by atoms with E-state index in [0.29, 0.717) is 11.3 Å². The summed E-state index contributed by atoms with van der Waals surface area (Å²) in [7, 11) is 1.58. The zero-order chi connectivity index (χ0) is 15.0. The van der Waals surface area contributed by atoms with Gasteiger partial charge < -0.3 is 19.1 Å². The molecule has 0 bridgehead atoms. The van der Waals surface area contributed by atoms with Gasteiger partial charge in [0.05, 0.1) is 19.3 Å². The molecule has 1 amide bonds. The van der Waals surface area contributed by atoms with Crippen LogP contribution in [0.3, 0.4) is 0 Å². The van der Waals surface area contributed by atoms with Crippen molar-refractivity contribution in [2.45, 2.75) is 6.04 Å². The number of aliphatic carboxylic acids is 1. The molecule has 7 nitrogen and oxygen atoms in total. The first-order valence-electron chi connectivity index (χ1n) is 6.59. The number of ether oxygens (including phenoxy) is 1. The molecule has 2 atom stereocenters. The quantitative estimate of drug-likeness (QED) is 0.889. The summed E-state index contributed by atoms with van der Waals surface area (Å²) in [5.41, 5.74) is 0.964. The number of carboxylic acids is 1. The van der Waals surface area contributed by atoms with Crippen molar-refractivity contribution < 1.29 is 19.4 Å². The van der Waals surface area contributed by atoms with Crippen molar-refractivity contribution in [2.24, 2.45) is 5.92 Å². The lowest BCUT2D eigenvalue weighted by Gasteiger charge is -2.25. The van der Waals surface area contributed by atoms with Gasteiger partial charge in [-0.2, -0.15) is 0 Å². The molecular formula is C14H15N3O4. The van der Waals surface area contributed by atoms with Crippen LogP contribution in [0.25, 0.3) is 5.65 Å². The predicted molar refractivity (Wildman–Crippen MR) is 73.0 cm³/mol. The van der Waals surface area contributed by atoms with E-state index in [9.17, 15) is 9.59 Å². The first kappa shape index (κ1) is 13.6. The number of hydrogen-bond acceptors (Lipinski definition) is 4. The van der Waals surface area contributed by atoms with Gasteiger partial charge in [0.1, 0.15) is 17.3 Å². The first-order valence-corrected chi connectivity index (χ1v) is 6.59. The van der Waals surface area contributed by atoms with E-state index < -0.39 is 17.9 Å². The molecular weight excluding hydrogens is 274 g/mol. The van der Waals surface area contributed by atoms with Gasteiger partial charge >= 0.3 is 5.97 Å². The summed E-state index contributed by atoms with van der Waals surface area (Å²) >= 11 is 0. The Morgan fingerprint density at radius 1 is 1.43 bits per heavy atom. The van der Waals surface area contributed by atoms with Gasteiger partial charge in [0.25, 0.3) is 5.91 Å². The normalized spacial score (nSPS) is 21.6. The number of carbonyl (C=O) groups is 2. The smallest absolute Gasteiger partial charge is 0.311 e. The lowest BCUT2D eigenvalue weighted by molar-refractivity contribution is -0.142. The number of carboxylic acid groups (broad SMARTS) is 1. The Morgan fingerprint density at radius 3 is 2.95 bits per heavy atom. The minimum atomic E-state index is -0.952. The molecule has 0 radical (unpaired) electrons. The Hall–Kier alpha value is -2.41. The molecule has 1 fully saturated rings. The van der Waals surface area contributed by atoms with Crippen LogP contribution in [0.15, 0.2) is 30.6 Å². The van der Waals surface area contributed by atoms with E-state index in [1.54, 1.807) is 29.9 Å². The Morgan fingerprint density at radius 2 is 2.24 bits per heavy atom. The molecule has 0 aromatic carbocycles. The number of hydrogen-bond donors (Lipinski definition) is 1. The number of amides is 1. The van der Waals surface area contributed by atoms with Crippen LogP contribution in [0.4, 0.5) is 0 Å². The lowest BCUT2D eigenvalue weighted by atomic mass is 10.0. The van der Waals surface area contributed by atoms with Crippen LogP contribution in [0.2, 0.25) is 0 Å². The minimum absolute atomic E-state index is 0.128. The molecule has 2 unspecified atom stereocenters. The molecule has 0 spiro atoms.